The fourth-order valence-corrected chi connectivity index (χ4v) is 6.51. The first-order valence-corrected chi connectivity index (χ1v) is 13.8. The number of carbonyl (C=O) groups excluding carboxylic acids is 1. The Labute approximate surface area is 219 Å². The number of nitrogens with zero attached hydrogens (tertiary/aromatic N) is 2. The van der Waals surface area contributed by atoms with Gasteiger partial charge in [0.15, 0.2) is 0 Å². The summed E-state index contributed by atoms with van der Waals surface area (Å²) in [5.41, 5.74) is -0.131. The summed E-state index contributed by atoms with van der Waals surface area (Å²) in [4.78, 5) is 18.9. The van der Waals surface area contributed by atoms with Gasteiger partial charge in [0, 0.05) is 41.8 Å². The number of hydrogen-bond donors (Lipinski definition) is 2. The molecule has 10 heteroatoms. The van der Waals surface area contributed by atoms with Gasteiger partial charge in [-0.15, -0.1) is 11.6 Å². The number of benzene rings is 2. The van der Waals surface area contributed by atoms with E-state index in [0.29, 0.717) is 22.2 Å². The highest BCUT2D eigenvalue weighted by Gasteiger charge is 2.44. The second-order valence-electron chi connectivity index (χ2n) is 9.27. The fraction of sp³-hybridized carbons (Fsp3) is 0.259. The molecule has 1 amide bonds. The molecular formula is C27H25ClFN3O4S. The van der Waals surface area contributed by atoms with E-state index in [1.165, 1.54) is 24.3 Å². The zero-order valence-corrected chi connectivity index (χ0v) is 21.3. The van der Waals surface area contributed by atoms with Gasteiger partial charge in [-0.2, -0.15) is 0 Å². The molecule has 3 aromatic rings. The molecule has 2 heterocycles. The lowest BCUT2D eigenvalue weighted by Gasteiger charge is -2.43. The number of likely N-dealkylation sites (tertiary alicyclic amines) is 1. The van der Waals surface area contributed by atoms with Gasteiger partial charge in [0.1, 0.15) is 10.7 Å². The van der Waals surface area contributed by atoms with Crippen molar-refractivity contribution in [2.24, 2.45) is 5.92 Å². The number of anilines is 1. The summed E-state index contributed by atoms with van der Waals surface area (Å²) in [5, 5.41) is 10.9. The smallest absolute Gasteiger partial charge is 0.264 e. The molecule has 2 unspecified atom stereocenters. The highest BCUT2D eigenvalue weighted by Crippen LogP contribution is 2.39. The monoisotopic (exact) mass is 541 g/mol. The van der Waals surface area contributed by atoms with Crippen molar-refractivity contribution in [1.29, 1.82) is 0 Å². The maximum Gasteiger partial charge on any atom is 0.264 e. The number of para-hydroxylation sites is 1. The number of rotatable bonds is 5. The molecule has 5 rings (SSSR count). The Hall–Kier alpha value is -3.27. The van der Waals surface area contributed by atoms with Gasteiger partial charge in [0.05, 0.1) is 16.5 Å². The van der Waals surface area contributed by atoms with E-state index in [1.807, 2.05) is 0 Å². The second-order valence-corrected chi connectivity index (χ2v) is 11.4. The second kappa shape index (κ2) is 9.89. The number of halogens is 2. The highest BCUT2D eigenvalue weighted by molar-refractivity contribution is 7.93. The molecule has 2 aliphatic rings. The number of piperidine rings is 1. The van der Waals surface area contributed by atoms with E-state index in [2.05, 4.69) is 9.71 Å². The SMILES string of the molecule is O=C(c1ccc(NS(=O)(=O)c2cccc3cccnc23)cc1)N1CCC(O)(C2C=CC=C(F)C2Cl)CC1. The number of aliphatic hydroxyl groups is 1. The molecular weight excluding hydrogens is 517 g/mol. The summed E-state index contributed by atoms with van der Waals surface area (Å²) in [5.74, 6) is -1.28. The third-order valence-corrected chi connectivity index (χ3v) is 8.85. The van der Waals surface area contributed by atoms with Crippen LogP contribution in [0.2, 0.25) is 0 Å². The molecule has 1 aliphatic heterocycles. The quantitative estimate of drug-likeness (QED) is 0.458. The number of nitrogens with one attached hydrogen (secondary N) is 1. The summed E-state index contributed by atoms with van der Waals surface area (Å²) in [6, 6.07) is 14.6. The van der Waals surface area contributed by atoms with Gasteiger partial charge in [-0.3, -0.25) is 14.5 Å². The summed E-state index contributed by atoms with van der Waals surface area (Å²) in [7, 11) is -3.91. The van der Waals surface area contributed by atoms with Crippen LogP contribution < -0.4 is 4.72 Å². The molecule has 2 N–H and O–H groups in total. The van der Waals surface area contributed by atoms with Gasteiger partial charge >= 0.3 is 0 Å². The van der Waals surface area contributed by atoms with Crippen molar-refractivity contribution >= 4 is 44.1 Å². The Morgan fingerprint density at radius 2 is 1.81 bits per heavy atom. The lowest BCUT2D eigenvalue weighted by atomic mass is 9.76. The van der Waals surface area contributed by atoms with E-state index < -0.39 is 32.7 Å². The van der Waals surface area contributed by atoms with Gasteiger partial charge in [0.2, 0.25) is 0 Å². The largest absolute Gasteiger partial charge is 0.389 e. The maximum atomic E-state index is 13.9. The molecule has 1 saturated heterocycles. The minimum atomic E-state index is -3.91. The molecule has 0 spiro atoms. The Morgan fingerprint density at radius 1 is 1.11 bits per heavy atom. The van der Waals surface area contributed by atoms with Crippen LogP contribution in [0.1, 0.15) is 23.2 Å². The van der Waals surface area contributed by atoms with Crippen molar-refractivity contribution in [3.05, 3.63) is 90.4 Å². The molecule has 0 bridgehead atoms. The van der Waals surface area contributed by atoms with E-state index in [-0.39, 0.29) is 36.7 Å². The average molecular weight is 542 g/mol. The number of alkyl halides is 1. The third kappa shape index (κ3) is 4.99. The Balaban J connectivity index is 1.25. The van der Waals surface area contributed by atoms with E-state index in [9.17, 15) is 22.7 Å². The fourth-order valence-electron chi connectivity index (χ4n) is 4.88. The van der Waals surface area contributed by atoms with E-state index in [4.69, 9.17) is 11.6 Å². The number of carbonyl (C=O) groups is 1. The standard InChI is InChI=1S/C27H25ClFN3O4S/c28-24-21(6-2-7-22(24)29)27(34)13-16-32(17-14-27)26(33)19-9-11-20(12-10-19)31-37(35,36)23-8-1-4-18-5-3-15-30-25(18)23/h1-12,15,21,24,31,34H,13-14,16-17H2. The molecule has 2 aromatic carbocycles. The van der Waals surface area contributed by atoms with Crippen molar-refractivity contribution < 1.29 is 22.7 Å². The van der Waals surface area contributed by atoms with Crippen LogP contribution >= 0.6 is 11.6 Å². The number of hydrogen-bond acceptors (Lipinski definition) is 5. The first kappa shape index (κ1) is 25.4. The van der Waals surface area contributed by atoms with Gasteiger partial charge in [-0.1, -0.05) is 30.4 Å². The van der Waals surface area contributed by atoms with Crippen LogP contribution in [-0.2, 0) is 10.0 Å². The number of pyridine rings is 1. The number of aromatic nitrogens is 1. The first-order valence-electron chi connectivity index (χ1n) is 11.8. The molecule has 0 saturated carbocycles. The summed E-state index contributed by atoms with van der Waals surface area (Å²) >= 11 is 6.19. The van der Waals surface area contributed by atoms with Gasteiger partial charge in [-0.05, 0) is 55.3 Å². The maximum absolute atomic E-state index is 13.9. The van der Waals surface area contributed by atoms with Crippen LogP contribution in [0.25, 0.3) is 10.9 Å². The van der Waals surface area contributed by atoms with Crippen molar-refractivity contribution in [3.8, 4) is 0 Å². The van der Waals surface area contributed by atoms with E-state index in [0.717, 1.165) is 0 Å². The average Bonchev–Trinajstić information content (AvgIpc) is 2.90. The number of sulfonamides is 1. The molecule has 1 aromatic heterocycles. The Kier molecular flexibility index (Phi) is 6.78. The van der Waals surface area contributed by atoms with Crippen LogP contribution in [0.15, 0.2) is 89.7 Å². The van der Waals surface area contributed by atoms with Crippen molar-refractivity contribution in [2.45, 2.75) is 28.7 Å². The summed E-state index contributed by atoms with van der Waals surface area (Å²) in [6.45, 7) is 0.578. The molecule has 7 nitrogen and oxygen atoms in total. The lowest BCUT2D eigenvalue weighted by Crippen LogP contribution is -2.52. The number of fused-ring (bicyclic) bond motifs is 1. The number of amides is 1. The van der Waals surface area contributed by atoms with Crippen molar-refractivity contribution in [3.63, 3.8) is 0 Å². The van der Waals surface area contributed by atoms with Crippen LogP contribution in [0.4, 0.5) is 10.1 Å². The van der Waals surface area contributed by atoms with Gasteiger partial charge in [0.25, 0.3) is 15.9 Å². The van der Waals surface area contributed by atoms with Crippen molar-refractivity contribution in [2.75, 3.05) is 17.8 Å². The van der Waals surface area contributed by atoms with Crippen LogP contribution in [0.5, 0.6) is 0 Å². The van der Waals surface area contributed by atoms with Gasteiger partial charge in [-0.25, -0.2) is 12.8 Å². The summed E-state index contributed by atoms with van der Waals surface area (Å²) < 4.78 is 42.5. The molecule has 2 atom stereocenters. The van der Waals surface area contributed by atoms with Crippen LogP contribution in [0, 0.1) is 5.92 Å². The lowest BCUT2D eigenvalue weighted by molar-refractivity contribution is -0.0481. The van der Waals surface area contributed by atoms with Crippen molar-refractivity contribution in [1.82, 2.24) is 9.88 Å². The molecule has 1 fully saturated rings. The molecule has 37 heavy (non-hydrogen) atoms. The van der Waals surface area contributed by atoms with Crippen LogP contribution in [0.3, 0.4) is 0 Å². The third-order valence-electron chi connectivity index (χ3n) is 6.96. The zero-order chi connectivity index (χ0) is 26.2. The van der Waals surface area contributed by atoms with Crippen LogP contribution in [-0.4, -0.2) is 53.4 Å². The Bertz CT molecular complexity index is 1490. The minimum Gasteiger partial charge on any atom is -0.389 e. The molecule has 1 aliphatic carbocycles. The predicted octanol–water partition coefficient (Wildman–Crippen LogP) is 4.65. The normalized spacial score (nSPS) is 21.5. The zero-order valence-electron chi connectivity index (χ0n) is 19.7. The topological polar surface area (TPSA) is 99.6 Å². The summed E-state index contributed by atoms with van der Waals surface area (Å²) in [6.07, 6.45) is 6.63. The highest BCUT2D eigenvalue weighted by atomic mass is 35.5. The molecule has 192 valence electrons. The van der Waals surface area contributed by atoms with E-state index >= 15 is 0 Å². The minimum absolute atomic E-state index is 0.0638. The van der Waals surface area contributed by atoms with Gasteiger partial charge < -0.3 is 10.0 Å². The Morgan fingerprint density at radius 3 is 2.54 bits per heavy atom. The van der Waals surface area contributed by atoms with E-state index in [1.54, 1.807) is 59.6 Å². The molecule has 0 radical (unpaired) electrons. The first-order chi connectivity index (χ1) is 17.7. The number of allylic oxidation sites excluding steroid dienone is 3. The predicted molar refractivity (Wildman–Crippen MR) is 141 cm³/mol.